The van der Waals surface area contributed by atoms with E-state index in [-0.39, 0.29) is 75.4 Å². The van der Waals surface area contributed by atoms with Gasteiger partial charge in [-0.3, -0.25) is 18.9 Å². The maximum absolute atomic E-state index is 15.6. The van der Waals surface area contributed by atoms with Gasteiger partial charge in [-0.2, -0.15) is 0 Å². The van der Waals surface area contributed by atoms with Gasteiger partial charge < -0.3 is 33.5 Å². The smallest absolute Gasteiger partial charge is 0.333 e. The third-order valence-electron chi connectivity index (χ3n) is 6.83. The van der Waals surface area contributed by atoms with Crippen LogP contribution in [0.2, 0.25) is 0 Å². The number of Topliss-reactive ketones (excluding diaryl/α,β-unsaturated/α-hetero) is 2. The number of esters is 1. The second kappa shape index (κ2) is 14.0. The highest BCUT2D eigenvalue weighted by molar-refractivity contribution is 7.53. The molecule has 0 aliphatic carbocycles. The van der Waals surface area contributed by atoms with Crippen LogP contribution >= 0.6 is 30.3 Å². The molecule has 2 heterocycles. The molecule has 0 fully saturated rings. The minimum absolute atomic E-state index is 0.0219. The van der Waals surface area contributed by atoms with Crippen LogP contribution in [0.15, 0.2) is 24.3 Å². The maximum atomic E-state index is 15.6. The Bertz CT molecular complexity index is 1860. The molecule has 248 valence electrons. The maximum Gasteiger partial charge on any atom is 0.333 e. The Balaban J connectivity index is 1.46. The number of benzene rings is 2. The Hall–Kier alpha value is -3.62. The van der Waals surface area contributed by atoms with Crippen LogP contribution in [-0.4, -0.2) is 68.0 Å². The van der Waals surface area contributed by atoms with Crippen molar-refractivity contribution in [1.29, 1.82) is 0 Å². The van der Waals surface area contributed by atoms with Crippen molar-refractivity contribution in [2.75, 3.05) is 40.7 Å². The first-order chi connectivity index (χ1) is 21.6. The summed E-state index contributed by atoms with van der Waals surface area (Å²) >= 11 is 1.93. The van der Waals surface area contributed by atoms with E-state index in [2.05, 4.69) is 0 Å². The van der Waals surface area contributed by atoms with Crippen LogP contribution in [0.3, 0.4) is 0 Å². The van der Waals surface area contributed by atoms with Gasteiger partial charge in [0, 0.05) is 45.1 Å². The first-order valence-electron chi connectivity index (χ1n) is 13.6. The van der Waals surface area contributed by atoms with Crippen molar-refractivity contribution in [2.45, 2.75) is 26.7 Å². The van der Waals surface area contributed by atoms with Crippen molar-refractivity contribution >= 4 is 68.0 Å². The van der Waals surface area contributed by atoms with Gasteiger partial charge in [0.2, 0.25) is 0 Å². The number of carbonyl (C=O) groups is 3. The number of methoxy groups -OCH3 is 3. The third kappa shape index (κ3) is 7.67. The van der Waals surface area contributed by atoms with Gasteiger partial charge in [0.15, 0.2) is 46.2 Å². The van der Waals surface area contributed by atoms with Gasteiger partial charge in [-0.05, 0) is 26.0 Å². The average molecular weight is 701 g/mol. The SMILES string of the molecule is COC(=O)C(C)(C)CC(=O)c1cc2c(F)c(OCCCOc3c(OC)cc4sc(C(=O)CP(=O)(O)O)cc4c3F)c(OC)cc2s1. The lowest BCUT2D eigenvalue weighted by atomic mass is 9.87. The number of carbonyl (C=O) groups excluding carboxylic acids is 3. The lowest BCUT2D eigenvalue weighted by molar-refractivity contribution is -0.150. The minimum Gasteiger partial charge on any atom is -0.493 e. The zero-order chi connectivity index (χ0) is 34.0. The van der Waals surface area contributed by atoms with Crippen LogP contribution in [0.4, 0.5) is 8.78 Å². The Kier molecular flexibility index (Phi) is 10.7. The summed E-state index contributed by atoms with van der Waals surface area (Å²) in [5, 5.41) is 0.166. The molecular formula is C30H31F2O11PS2. The summed E-state index contributed by atoms with van der Waals surface area (Å²) in [5.41, 5.74) is -1.06. The Morgan fingerprint density at radius 3 is 1.67 bits per heavy atom. The van der Waals surface area contributed by atoms with Gasteiger partial charge in [-0.1, -0.05) is 0 Å². The average Bonchev–Trinajstić information content (AvgIpc) is 3.62. The van der Waals surface area contributed by atoms with Gasteiger partial charge in [0.25, 0.3) is 0 Å². The molecule has 0 aliphatic rings. The number of rotatable bonds is 15. The van der Waals surface area contributed by atoms with E-state index in [4.69, 9.17) is 33.5 Å². The van der Waals surface area contributed by atoms with E-state index in [9.17, 15) is 18.9 Å². The number of ketones is 2. The van der Waals surface area contributed by atoms with E-state index in [1.54, 1.807) is 19.9 Å². The standard InChI is InChI=1S/C30H31F2O11PS2/c1-30(2,29(35)41-5)13-17(33)23-9-15-21(45-23)11-19(39-3)27(25(15)31)42-7-6-8-43-28-20(40-4)12-22-16(26(28)32)10-24(46-22)18(34)14-44(36,37)38/h9-12H,6-8,13-14H2,1-5H3,(H2,36,37,38). The summed E-state index contributed by atoms with van der Waals surface area (Å²) in [7, 11) is -0.715. The minimum atomic E-state index is -4.60. The zero-order valence-electron chi connectivity index (χ0n) is 25.4. The van der Waals surface area contributed by atoms with Crippen LogP contribution in [0.5, 0.6) is 23.0 Å². The van der Waals surface area contributed by atoms with Crippen molar-refractivity contribution in [3.8, 4) is 23.0 Å². The summed E-state index contributed by atoms with van der Waals surface area (Å²) in [5.74, 6) is -3.54. The molecule has 0 aliphatic heterocycles. The largest absolute Gasteiger partial charge is 0.493 e. The van der Waals surface area contributed by atoms with Crippen molar-refractivity contribution in [1.82, 2.24) is 0 Å². The molecule has 0 saturated carbocycles. The van der Waals surface area contributed by atoms with E-state index in [1.807, 2.05) is 0 Å². The predicted molar refractivity (Wildman–Crippen MR) is 168 cm³/mol. The normalized spacial score (nSPS) is 11.9. The number of thiophene rings is 2. The summed E-state index contributed by atoms with van der Waals surface area (Å²) in [6.45, 7) is 3.04. The van der Waals surface area contributed by atoms with Crippen molar-refractivity contribution in [3.63, 3.8) is 0 Å². The topological polar surface area (TPSA) is 155 Å². The van der Waals surface area contributed by atoms with Crippen LogP contribution in [-0.2, 0) is 14.1 Å². The van der Waals surface area contributed by atoms with Gasteiger partial charge in [-0.15, -0.1) is 22.7 Å². The second-order valence-corrected chi connectivity index (χ2v) is 14.6. The number of halogens is 2. The summed E-state index contributed by atoms with van der Waals surface area (Å²) < 4.78 is 69.6. The number of ether oxygens (including phenoxy) is 5. The van der Waals surface area contributed by atoms with Crippen molar-refractivity contribution < 1.29 is 61.2 Å². The number of hydrogen-bond acceptors (Lipinski definition) is 11. The van der Waals surface area contributed by atoms with E-state index in [0.29, 0.717) is 9.40 Å². The molecule has 4 rings (SSSR count). The van der Waals surface area contributed by atoms with Gasteiger partial charge in [0.05, 0.1) is 49.7 Å². The molecule has 16 heteroatoms. The second-order valence-electron chi connectivity index (χ2n) is 10.8. The zero-order valence-corrected chi connectivity index (χ0v) is 28.0. The van der Waals surface area contributed by atoms with E-state index in [1.165, 1.54) is 39.5 Å². The fraction of sp³-hybridized carbons (Fsp3) is 0.367. The molecule has 2 aromatic heterocycles. The molecule has 46 heavy (non-hydrogen) atoms. The fourth-order valence-electron chi connectivity index (χ4n) is 4.55. The summed E-state index contributed by atoms with van der Waals surface area (Å²) in [6, 6.07) is 5.61. The van der Waals surface area contributed by atoms with Gasteiger partial charge in [0.1, 0.15) is 6.16 Å². The molecule has 0 atom stereocenters. The molecule has 0 bridgehead atoms. The van der Waals surface area contributed by atoms with Crippen molar-refractivity contribution in [2.24, 2.45) is 5.41 Å². The highest BCUT2D eigenvalue weighted by Gasteiger charge is 2.33. The van der Waals surface area contributed by atoms with Crippen molar-refractivity contribution in [3.05, 3.63) is 45.7 Å². The summed E-state index contributed by atoms with van der Waals surface area (Å²) in [4.78, 5) is 55.6. The molecule has 0 saturated heterocycles. The van der Waals surface area contributed by atoms with Crippen LogP contribution in [0.1, 0.15) is 46.0 Å². The first kappa shape index (κ1) is 35.2. The number of hydrogen-bond donors (Lipinski definition) is 2. The van der Waals surface area contributed by atoms with E-state index in [0.717, 1.165) is 22.7 Å². The molecule has 2 aromatic carbocycles. The Labute approximate surface area is 270 Å². The van der Waals surface area contributed by atoms with Gasteiger partial charge >= 0.3 is 13.6 Å². The van der Waals surface area contributed by atoms with Crippen LogP contribution in [0.25, 0.3) is 20.2 Å². The first-order valence-corrected chi connectivity index (χ1v) is 17.1. The van der Waals surface area contributed by atoms with E-state index >= 15 is 8.78 Å². The monoisotopic (exact) mass is 700 g/mol. The lowest BCUT2D eigenvalue weighted by Gasteiger charge is -2.19. The fourth-order valence-corrected chi connectivity index (χ4v) is 7.25. The summed E-state index contributed by atoms with van der Waals surface area (Å²) in [6.07, 6.45) is -0.955. The molecule has 0 radical (unpaired) electrons. The Morgan fingerprint density at radius 1 is 0.804 bits per heavy atom. The molecule has 0 amide bonds. The quantitative estimate of drug-likeness (QED) is 0.0613. The molecule has 11 nitrogen and oxygen atoms in total. The molecule has 0 unspecified atom stereocenters. The molecule has 2 N–H and O–H groups in total. The van der Waals surface area contributed by atoms with Crippen LogP contribution < -0.4 is 18.9 Å². The predicted octanol–water partition coefficient (Wildman–Crippen LogP) is 6.39. The Morgan fingerprint density at radius 2 is 1.26 bits per heavy atom. The van der Waals surface area contributed by atoms with Crippen LogP contribution in [0, 0.1) is 17.0 Å². The van der Waals surface area contributed by atoms with E-state index < -0.39 is 42.6 Å². The highest BCUT2D eigenvalue weighted by Crippen LogP contribution is 2.43. The molecule has 0 spiro atoms. The number of fused-ring (bicyclic) bond motifs is 2. The molecular weight excluding hydrogens is 669 g/mol. The highest BCUT2D eigenvalue weighted by atomic mass is 32.1. The third-order valence-corrected chi connectivity index (χ3v) is 9.77. The van der Waals surface area contributed by atoms with Gasteiger partial charge in [-0.25, -0.2) is 8.78 Å². The molecule has 4 aromatic rings. The lowest BCUT2D eigenvalue weighted by Crippen LogP contribution is -2.28.